The highest BCUT2D eigenvalue weighted by Crippen LogP contribution is 2.16. The van der Waals surface area contributed by atoms with Gasteiger partial charge < -0.3 is 11.1 Å². The Hall–Kier alpha value is -2.57. The van der Waals surface area contributed by atoms with E-state index in [4.69, 9.17) is 5.73 Å². The Labute approximate surface area is 125 Å². The number of hydrogen-bond acceptors (Lipinski definition) is 2. The Morgan fingerprint density at radius 1 is 1.19 bits per heavy atom. The van der Waals surface area contributed by atoms with Crippen molar-refractivity contribution < 1.29 is 4.79 Å². The highest BCUT2D eigenvalue weighted by atomic mass is 16.1. The van der Waals surface area contributed by atoms with Crippen LogP contribution in [0.25, 0.3) is 0 Å². The molecule has 2 aromatic rings. The third kappa shape index (κ3) is 3.95. The number of hydrogen-bond donors (Lipinski definition) is 2. The van der Waals surface area contributed by atoms with Gasteiger partial charge in [0.2, 0.25) is 0 Å². The first kappa shape index (κ1) is 14.8. The first-order chi connectivity index (χ1) is 10.1. The van der Waals surface area contributed by atoms with Crippen LogP contribution >= 0.6 is 0 Å². The van der Waals surface area contributed by atoms with E-state index in [9.17, 15) is 4.79 Å². The van der Waals surface area contributed by atoms with E-state index in [1.54, 1.807) is 0 Å². The van der Waals surface area contributed by atoms with Gasteiger partial charge >= 0.3 is 0 Å². The molecule has 21 heavy (non-hydrogen) atoms. The molecule has 0 aliphatic heterocycles. The summed E-state index contributed by atoms with van der Waals surface area (Å²) in [5.41, 5.74) is 9.64. The highest BCUT2D eigenvalue weighted by Gasteiger charge is 2.08. The molecular formula is C18H18N2O. The summed E-state index contributed by atoms with van der Waals surface area (Å²) in [7, 11) is 0. The molecule has 0 aliphatic carbocycles. The molecule has 0 bridgehead atoms. The minimum absolute atomic E-state index is 0.114. The number of carbonyl (C=O) groups excluding carboxylic acids is 1. The van der Waals surface area contributed by atoms with Crippen molar-refractivity contribution in [2.75, 3.05) is 11.9 Å². The molecule has 0 unspecified atom stereocenters. The van der Waals surface area contributed by atoms with Crippen LogP contribution in [0, 0.1) is 25.7 Å². The van der Waals surface area contributed by atoms with E-state index in [0.29, 0.717) is 12.1 Å². The summed E-state index contributed by atoms with van der Waals surface area (Å²) < 4.78 is 0. The molecule has 0 heterocycles. The van der Waals surface area contributed by atoms with E-state index in [-0.39, 0.29) is 5.91 Å². The van der Waals surface area contributed by atoms with Gasteiger partial charge in [0.05, 0.1) is 6.54 Å². The molecule has 0 saturated heterocycles. The summed E-state index contributed by atoms with van der Waals surface area (Å²) in [6.07, 6.45) is 0. The van der Waals surface area contributed by atoms with Gasteiger partial charge in [-0.05, 0) is 49.2 Å². The van der Waals surface area contributed by atoms with Gasteiger partial charge in [0.15, 0.2) is 0 Å². The zero-order chi connectivity index (χ0) is 15.2. The van der Waals surface area contributed by atoms with Crippen molar-refractivity contribution in [3.05, 3.63) is 64.7 Å². The number of aryl methyl sites for hydroxylation is 2. The van der Waals surface area contributed by atoms with Crippen LogP contribution < -0.4 is 11.1 Å². The van der Waals surface area contributed by atoms with Crippen LogP contribution in [-0.2, 0) is 0 Å². The van der Waals surface area contributed by atoms with Gasteiger partial charge in [0.1, 0.15) is 0 Å². The second-order valence-electron chi connectivity index (χ2n) is 4.86. The highest BCUT2D eigenvalue weighted by molar-refractivity contribution is 6.05. The smallest absolute Gasteiger partial charge is 0.255 e. The Morgan fingerprint density at radius 2 is 1.95 bits per heavy atom. The minimum Gasteiger partial charge on any atom is -0.322 e. The lowest BCUT2D eigenvalue weighted by atomic mass is 10.1. The topological polar surface area (TPSA) is 55.1 Å². The zero-order valence-corrected chi connectivity index (χ0v) is 12.2. The summed E-state index contributed by atoms with van der Waals surface area (Å²) in [6, 6.07) is 13.2. The zero-order valence-electron chi connectivity index (χ0n) is 12.2. The van der Waals surface area contributed by atoms with Crippen LogP contribution in [0.1, 0.15) is 27.0 Å². The summed E-state index contributed by atoms with van der Waals surface area (Å²) in [5, 5.41) is 2.92. The van der Waals surface area contributed by atoms with E-state index >= 15 is 0 Å². The summed E-state index contributed by atoms with van der Waals surface area (Å²) in [6.45, 7) is 4.21. The summed E-state index contributed by atoms with van der Waals surface area (Å²) in [5.74, 6) is 5.69. The molecule has 2 aromatic carbocycles. The number of amides is 1. The number of nitrogens with one attached hydrogen (secondary N) is 1. The van der Waals surface area contributed by atoms with Crippen molar-refractivity contribution in [1.82, 2.24) is 0 Å². The largest absolute Gasteiger partial charge is 0.322 e. The van der Waals surface area contributed by atoms with E-state index in [1.165, 1.54) is 0 Å². The molecule has 3 heteroatoms. The summed E-state index contributed by atoms with van der Waals surface area (Å²) >= 11 is 0. The molecule has 0 atom stereocenters. The van der Waals surface area contributed by atoms with Crippen molar-refractivity contribution in [2.45, 2.75) is 13.8 Å². The van der Waals surface area contributed by atoms with Gasteiger partial charge in [-0.2, -0.15) is 0 Å². The Balaban J connectivity index is 2.25. The van der Waals surface area contributed by atoms with E-state index in [2.05, 4.69) is 17.2 Å². The van der Waals surface area contributed by atoms with E-state index in [0.717, 1.165) is 22.4 Å². The standard InChI is InChI=1S/C18H18N2O/c1-13-10-15(7-5-9-19)12-16(11-13)20-18(21)17-8-4-3-6-14(17)2/h3-4,6,8,10-12H,9,19H2,1-2H3,(H,20,21). The molecule has 3 N–H and O–H groups in total. The second-order valence-corrected chi connectivity index (χ2v) is 4.86. The lowest BCUT2D eigenvalue weighted by Gasteiger charge is -2.09. The first-order valence-electron chi connectivity index (χ1n) is 6.78. The minimum atomic E-state index is -0.114. The van der Waals surface area contributed by atoms with Crippen molar-refractivity contribution in [1.29, 1.82) is 0 Å². The average molecular weight is 278 g/mol. The van der Waals surface area contributed by atoms with Crippen molar-refractivity contribution in [2.24, 2.45) is 5.73 Å². The molecule has 106 valence electrons. The van der Waals surface area contributed by atoms with Gasteiger partial charge in [-0.1, -0.05) is 30.0 Å². The summed E-state index contributed by atoms with van der Waals surface area (Å²) in [4.78, 5) is 12.3. The Morgan fingerprint density at radius 3 is 2.67 bits per heavy atom. The first-order valence-corrected chi connectivity index (χ1v) is 6.78. The van der Waals surface area contributed by atoms with Crippen LogP contribution in [0.5, 0.6) is 0 Å². The number of anilines is 1. The predicted octanol–water partition coefficient (Wildman–Crippen LogP) is 2.87. The molecule has 0 fully saturated rings. The molecule has 0 aliphatic rings. The number of carbonyl (C=O) groups is 1. The molecule has 2 rings (SSSR count). The average Bonchev–Trinajstić information content (AvgIpc) is 2.45. The van der Waals surface area contributed by atoms with Gasteiger partial charge in [-0.3, -0.25) is 4.79 Å². The number of rotatable bonds is 2. The molecule has 0 radical (unpaired) electrons. The number of nitrogens with two attached hydrogens (primary N) is 1. The van der Waals surface area contributed by atoms with Crippen LogP contribution in [0.4, 0.5) is 5.69 Å². The molecule has 1 amide bonds. The fourth-order valence-electron chi connectivity index (χ4n) is 2.11. The Kier molecular flexibility index (Phi) is 4.76. The normalized spacial score (nSPS) is 9.67. The maximum absolute atomic E-state index is 12.3. The van der Waals surface area contributed by atoms with Gasteiger partial charge in [0.25, 0.3) is 5.91 Å². The predicted molar refractivity (Wildman–Crippen MR) is 86.2 cm³/mol. The quantitative estimate of drug-likeness (QED) is 0.830. The van der Waals surface area contributed by atoms with Gasteiger partial charge in [-0.25, -0.2) is 0 Å². The van der Waals surface area contributed by atoms with E-state index in [1.807, 2.05) is 56.3 Å². The third-order valence-corrected chi connectivity index (χ3v) is 3.06. The third-order valence-electron chi connectivity index (χ3n) is 3.06. The SMILES string of the molecule is Cc1cc(C#CCN)cc(NC(=O)c2ccccc2C)c1. The maximum Gasteiger partial charge on any atom is 0.255 e. The van der Waals surface area contributed by atoms with Crippen LogP contribution in [-0.4, -0.2) is 12.5 Å². The van der Waals surface area contributed by atoms with Crippen LogP contribution in [0.2, 0.25) is 0 Å². The van der Waals surface area contributed by atoms with Crippen molar-refractivity contribution in [3.8, 4) is 11.8 Å². The van der Waals surface area contributed by atoms with E-state index < -0.39 is 0 Å². The molecule has 0 aromatic heterocycles. The van der Waals surface area contributed by atoms with Gasteiger partial charge in [0, 0.05) is 16.8 Å². The van der Waals surface area contributed by atoms with Crippen molar-refractivity contribution >= 4 is 11.6 Å². The second kappa shape index (κ2) is 6.74. The maximum atomic E-state index is 12.3. The van der Waals surface area contributed by atoms with Crippen LogP contribution in [0.15, 0.2) is 42.5 Å². The molecule has 0 spiro atoms. The lowest BCUT2D eigenvalue weighted by molar-refractivity contribution is 0.102. The molecule has 3 nitrogen and oxygen atoms in total. The monoisotopic (exact) mass is 278 g/mol. The van der Waals surface area contributed by atoms with Crippen LogP contribution in [0.3, 0.4) is 0 Å². The fourth-order valence-corrected chi connectivity index (χ4v) is 2.11. The lowest BCUT2D eigenvalue weighted by Crippen LogP contribution is -2.13. The van der Waals surface area contributed by atoms with Gasteiger partial charge in [-0.15, -0.1) is 0 Å². The molecular weight excluding hydrogens is 260 g/mol. The molecule has 0 saturated carbocycles. The van der Waals surface area contributed by atoms with Crippen molar-refractivity contribution in [3.63, 3.8) is 0 Å². The number of benzene rings is 2. The Bertz CT molecular complexity index is 723. The fraction of sp³-hybridized carbons (Fsp3) is 0.167.